The summed E-state index contributed by atoms with van der Waals surface area (Å²) in [6.07, 6.45) is 25.8. The summed E-state index contributed by atoms with van der Waals surface area (Å²) in [5, 5.41) is 0. The van der Waals surface area contributed by atoms with Crippen LogP contribution in [-0.4, -0.2) is 0 Å². The highest BCUT2D eigenvalue weighted by Crippen LogP contribution is 2.53. The zero-order chi connectivity index (χ0) is 27.1. The van der Waals surface area contributed by atoms with Crippen molar-refractivity contribution in [1.82, 2.24) is 0 Å². The van der Waals surface area contributed by atoms with Crippen LogP contribution in [0.5, 0.6) is 0 Å². The summed E-state index contributed by atoms with van der Waals surface area (Å²) in [7, 11) is 0. The monoisotopic (exact) mass is 514 g/mol. The third-order valence-electron chi connectivity index (χ3n) is 7.97. The third kappa shape index (κ3) is 5.14. The molecule has 0 aromatic heterocycles. The van der Waals surface area contributed by atoms with Crippen LogP contribution in [-0.2, 0) is 0 Å². The molecule has 194 valence electrons. The van der Waals surface area contributed by atoms with Gasteiger partial charge in [-0.2, -0.15) is 0 Å². The van der Waals surface area contributed by atoms with Crippen LogP contribution in [0.25, 0.3) is 11.1 Å². The quantitative estimate of drug-likeness (QED) is 0.215. The van der Waals surface area contributed by atoms with Gasteiger partial charge in [-0.25, -0.2) is 0 Å². The Kier molecular flexibility index (Phi) is 7.42. The highest BCUT2D eigenvalue weighted by atomic mass is 14.5. The number of hydrogen-bond donors (Lipinski definition) is 0. The van der Waals surface area contributed by atoms with Gasteiger partial charge in [0.15, 0.2) is 0 Å². The number of benzene rings is 4. The first-order valence-corrected chi connectivity index (χ1v) is 14.2. The van der Waals surface area contributed by atoms with E-state index < -0.39 is 10.8 Å². The summed E-state index contributed by atoms with van der Waals surface area (Å²) in [4.78, 5) is 0. The first-order valence-electron chi connectivity index (χ1n) is 14.2. The second-order valence-electron chi connectivity index (χ2n) is 10.5. The van der Waals surface area contributed by atoms with Crippen molar-refractivity contribution in [3.05, 3.63) is 204 Å². The van der Waals surface area contributed by atoms with Gasteiger partial charge in [-0.15, -0.1) is 0 Å². The molecule has 40 heavy (non-hydrogen) atoms. The summed E-state index contributed by atoms with van der Waals surface area (Å²) in [5.74, 6) is 0. The van der Waals surface area contributed by atoms with E-state index in [-0.39, 0.29) is 0 Å². The topological polar surface area (TPSA) is 0 Å². The van der Waals surface area contributed by atoms with E-state index in [4.69, 9.17) is 0 Å². The normalized spacial score (nSPS) is 16.3. The van der Waals surface area contributed by atoms with Crippen molar-refractivity contribution in [2.45, 2.75) is 12.8 Å². The van der Waals surface area contributed by atoms with Gasteiger partial charge in [-0.3, -0.25) is 0 Å². The van der Waals surface area contributed by atoms with Gasteiger partial charge in [0.25, 0.3) is 0 Å². The van der Waals surface area contributed by atoms with Gasteiger partial charge in [0.05, 0.1) is 0 Å². The molecule has 0 N–H and O–H groups in total. The Morgan fingerprint density at radius 3 is 0.875 bits per heavy atom. The Hall–Kier alpha value is -4.68. The molecule has 0 radical (unpaired) electrons. The largest absolute Gasteiger partial charge is 0.0835 e. The van der Waals surface area contributed by atoms with Crippen LogP contribution in [0.2, 0.25) is 0 Å². The van der Waals surface area contributed by atoms with Crippen molar-refractivity contribution >= 4 is 11.1 Å². The van der Waals surface area contributed by atoms with Gasteiger partial charge in [-0.05, 0) is 46.2 Å². The lowest BCUT2D eigenvalue weighted by atomic mass is 9.58. The van der Waals surface area contributed by atoms with E-state index >= 15 is 0 Å². The molecule has 0 aliphatic heterocycles. The average Bonchev–Trinajstić information content (AvgIpc) is 3.05. The molecule has 0 bridgehead atoms. The van der Waals surface area contributed by atoms with Crippen molar-refractivity contribution in [2.24, 2.45) is 10.8 Å². The van der Waals surface area contributed by atoms with E-state index in [1.54, 1.807) is 0 Å². The minimum absolute atomic E-state index is 0.408. The molecule has 0 nitrogen and oxygen atoms in total. The number of hydrogen-bond acceptors (Lipinski definition) is 0. The smallest absolute Gasteiger partial charge is 0.0413 e. The Morgan fingerprint density at radius 1 is 0.375 bits per heavy atom. The Bertz CT molecular complexity index is 1360. The van der Waals surface area contributed by atoms with Crippen LogP contribution in [0, 0.1) is 10.8 Å². The van der Waals surface area contributed by atoms with E-state index in [2.05, 4.69) is 182 Å². The minimum Gasteiger partial charge on any atom is -0.0835 e. The maximum atomic E-state index is 2.49. The first-order chi connectivity index (χ1) is 19.8. The average molecular weight is 515 g/mol. The van der Waals surface area contributed by atoms with Crippen LogP contribution in [0.15, 0.2) is 182 Å². The van der Waals surface area contributed by atoms with Crippen molar-refractivity contribution < 1.29 is 0 Å². The molecule has 0 spiro atoms. The van der Waals surface area contributed by atoms with Gasteiger partial charge in [0.2, 0.25) is 0 Å². The van der Waals surface area contributed by atoms with Crippen molar-refractivity contribution in [3.63, 3.8) is 0 Å². The Labute approximate surface area is 238 Å². The summed E-state index contributed by atoms with van der Waals surface area (Å²) in [6, 6.07) is 43.1. The van der Waals surface area contributed by atoms with E-state index in [1.807, 2.05) is 0 Å². The Balaban J connectivity index is 1.64. The molecule has 2 aliphatic rings. The summed E-state index contributed by atoms with van der Waals surface area (Å²) < 4.78 is 0. The number of allylic oxidation sites excluding steroid dienone is 10. The molecular formula is C40H34. The molecule has 0 heteroatoms. The van der Waals surface area contributed by atoms with Crippen LogP contribution < -0.4 is 0 Å². The molecule has 0 amide bonds. The van der Waals surface area contributed by atoms with Gasteiger partial charge in [0, 0.05) is 10.8 Å². The fourth-order valence-electron chi connectivity index (χ4n) is 5.96. The fraction of sp³-hybridized carbons (Fsp3) is 0.100. The Morgan fingerprint density at radius 2 is 0.625 bits per heavy atom. The maximum absolute atomic E-state index is 2.49. The third-order valence-corrected chi connectivity index (χ3v) is 7.97. The van der Waals surface area contributed by atoms with Gasteiger partial charge < -0.3 is 0 Å². The highest BCUT2D eigenvalue weighted by molar-refractivity contribution is 5.83. The van der Waals surface area contributed by atoms with Crippen LogP contribution in [0.3, 0.4) is 0 Å². The lowest BCUT2D eigenvalue weighted by Crippen LogP contribution is -2.36. The first kappa shape index (κ1) is 25.6. The molecule has 0 unspecified atom stereocenters. The van der Waals surface area contributed by atoms with Crippen molar-refractivity contribution in [1.29, 1.82) is 0 Å². The van der Waals surface area contributed by atoms with Gasteiger partial charge in [0.1, 0.15) is 0 Å². The lowest BCUT2D eigenvalue weighted by molar-refractivity contribution is 0.402. The van der Waals surface area contributed by atoms with E-state index in [0.29, 0.717) is 0 Å². The van der Waals surface area contributed by atoms with Crippen molar-refractivity contribution in [3.8, 4) is 0 Å². The van der Waals surface area contributed by atoms with Gasteiger partial charge >= 0.3 is 0 Å². The standard InChI is InChI=1S/C40H34/c1-7-19-33(20-8-1)37(34-21-9-2-10-22-34)31-39(27-15-5-16-28-39)40(29-17-6-18-30-40)32-38(35-23-11-3-12-24-35)36-25-13-4-14-26-36/h1-4,7-32H,5-6H2. The fourth-order valence-corrected chi connectivity index (χ4v) is 5.96. The minimum atomic E-state index is -0.408. The van der Waals surface area contributed by atoms with Crippen LogP contribution >= 0.6 is 0 Å². The molecular weight excluding hydrogens is 480 g/mol. The van der Waals surface area contributed by atoms with E-state index in [1.165, 1.54) is 33.4 Å². The molecule has 0 heterocycles. The summed E-state index contributed by atoms with van der Waals surface area (Å²) >= 11 is 0. The predicted octanol–water partition coefficient (Wildman–Crippen LogP) is 10.3. The molecule has 0 saturated heterocycles. The summed E-state index contributed by atoms with van der Waals surface area (Å²) in [5.41, 5.74) is 6.52. The van der Waals surface area contributed by atoms with E-state index in [0.717, 1.165) is 12.8 Å². The summed E-state index contributed by atoms with van der Waals surface area (Å²) in [6.45, 7) is 0. The van der Waals surface area contributed by atoms with E-state index in [9.17, 15) is 0 Å². The second-order valence-corrected chi connectivity index (χ2v) is 10.5. The molecule has 2 aliphatic carbocycles. The molecule has 0 atom stereocenters. The highest BCUT2D eigenvalue weighted by Gasteiger charge is 2.44. The second kappa shape index (κ2) is 11.6. The maximum Gasteiger partial charge on any atom is 0.0413 e. The molecule has 4 aromatic rings. The lowest BCUT2D eigenvalue weighted by Gasteiger charge is -2.44. The predicted molar refractivity (Wildman–Crippen MR) is 171 cm³/mol. The van der Waals surface area contributed by atoms with Crippen LogP contribution in [0.4, 0.5) is 0 Å². The SMILES string of the molecule is C1=CC(C=C(c2ccccc2)c2ccccc2)(C2(C=C(c3ccccc3)c3ccccc3)C=CCC=C2)C=CC1. The molecule has 0 fully saturated rings. The zero-order valence-electron chi connectivity index (χ0n) is 22.7. The molecule has 4 aromatic carbocycles. The molecule has 0 saturated carbocycles. The molecule has 6 rings (SSSR count). The van der Waals surface area contributed by atoms with Crippen LogP contribution in [0.1, 0.15) is 35.1 Å². The van der Waals surface area contributed by atoms with Gasteiger partial charge in [-0.1, -0.05) is 182 Å². The van der Waals surface area contributed by atoms with Crippen molar-refractivity contribution in [2.75, 3.05) is 0 Å². The zero-order valence-corrected chi connectivity index (χ0v) is 22.7. The number of rotatable bonds is 7.